The lowest BCUT2D eigenvalue weighted by Crippen LogP contribution is -2.37. The van der Waals surface area contributed by atoms with Gasteiger partial charge in [0.05, 0.1) is 0 Å². The lowest BCUT2D eigenvalue weighted by atomic mass is 9.96. The molecule has 20 heavy (non-hydrogen) atoms. The zero-order chi connectivity index (χ0) is 14.3. The van der Waals surface area contributed by atoms with Crippen molar-refractivity contribution in [3.8, 4) is 5.75 Å². The Morgan fingerprint density at radius 1 is 1.30 bits per heavy atom. The first-order chi connectivity index (χ1) is 9.47. The second-order valence-corrected chi connectivity index (χ2v) is 5.79. The Morgan fingerprint density at radius 3 is 2.80 bits per heavy atom. The van der Waals surface area contributed by atoms with Crippen LogP contribution in [0.2, 0.25) is 0 Å². The summed E-state index contributed by atoms with van der Waals surface area (Å²) in [6.07, 6.45) is 4.35. The molecular weight excluding hydrogens is 256 g/mol. The van der Waals surface area contributed by atoms with Crippen molar-refractivity contribution in [3.05, 3.63) is 29.5 Å². The number of benzene rings is 1. The smallest absolute Gasteiger partial charge is 0.347 e. The van der Waals surface area contributed by atoms with Gasteiger partial charge in [0, 0.05) is 17.4 Å². The molecule has 3 rings (SSSR count). The second kappa shape index (κ2) is 4.54. The van der Waals surface area contributed by atoms with E-state index in [0.29, 0.717) is 5.75 Å². The van der Waals surface area contributed by atoms with Gasteiger partial charge in [0.25, 0.3) is 0 Å². The van der Waals surface area contributed by atoms with Gasteiger partial charge in [-0.3, -0.25) is 0 Å². The van der Waals surface area contributed by atoms with Gasteiger partial charge in [-0.25, -0.2) is 4.79 Å². The molecule has 106 valence electrons. The average Bonchev–Trinajstić information content (AvgIpc) is 2.76. The van der Waals surface area contributed by atoms with Crippen LogP contribution in [0.25, 0.3) is 11.0 Å². The highest BCUT2D eigenvalue weighted by atomic mass is 16.5. The predicted molar refractivity (Wildman–Crippen MR) is 75.2 cm³/mol. The summed E-state index contributed by atoms with van der Waals surface area (Å²) < 4.78 is 11.4. The van der Waals surface area contributed by atoms with Gasteiger partial charge < -0.3 is 14.3 Å². The maximum Gasteiger partial charge on any atom is 0.347 e. The summed E-state index contributed by atoms with van der Waals surface area (Å²) in [4.78, 5) is 11.1. The van der Waals surface area contributed by atoms with Crippen molar-refractivity contribution < 1.29 is 19.1 Å². The Balaban J connectivity index is 2.00. The molecule has 0 fully saturated rings. The fourth-order valence-electron chi connectivity index (χ4n) is 2.64. The number of carbonyl (C=O) groups is 1. The molecule has 0 saturated heterocycles. The number of furan rings is 1. The number of hydrogen-bond acceptors (Lipinski definition) is 3. The summed E-state index contributed by atoms with van der Waals surface area (Å²) in [6, 6.07) is 5.52. The van der Waals surface area contributed by atoms with E-state index in [2.05, 4.69) is 0 Å². The molecule has 0 bridgehead atoms. The van der Waals surface area contributed by atoms with Gasteiger partial charge in [-0.1, -0.05) is 0 Å². The third-order valence-electron chi connectivity index (χ3n) is 3.81. The van der Waals surface area contributed by atoms with E-state index in [1.54, 1.807) is 19.9 Å². The van der Waals surface area contributed by atoms with Crippen LogP contribution in [0.1, 0.15) is 38.0 Å². The van der Waals surface area contributed by atoms with Crippen LogP contribution in [0.4, 0.5) is 0 Å². The van der Waals surface area contributed by atoms with Gasteiger partial charge in [-0.2, -0.15) is 0 Å². The number of rotatable bonds is 3. The molecule has 4 heteroatoms. The van der Waals surface area contributed by atoms with Crippen LogP contribution >= 0.6 is 0 Å². The lowest BCUT2D eigenvalue weighted by molar-refractivity contribution is -0.152. The number of aliphatic carboxylic acids is 1. The number of ether oxygens (including phenoxy) is 1. The number of hydrogen-bond donors (Lipinski definition) is 1. The summed E-state index contributed by atoms with van der Waals surface area (Å²) in [5, 5.41) is 10.2. The predicted octanol–water partition coefficient (Wildman–Crippen LogP) is 3.55. The van der Waals surface area contributed by atoms with Gasteiger partial charge >= 0.3 is 5.97 Å². The van der Waals surface area contributed by atoms with Crippen molar-refractivity contribution in [2.24, 2.45) is 0 Å². The van der Waals surface area contributed by atoms with Crippen LogP contribution in [-0.4, -0.2) is 16.7 Å². The Hall–Kier alpha value is -1.97. The van der Waals surface area contributed by atoms with Crippen molar-refractivity contribution in [2.45, 2.75) is 45.1 Å². The first-order valence-electron chi connectivity index (χ1n) is 6.94. The van der Waals surface area contributed by atoms with Crippen LogP contribution in [0, 0.1) is 0 Å². The maximum absolute atomic E-state index is 11.1. The van der Waals surface area contributed by atoms with Gasteiger partial charge in [-0.05, 0) is 51.3 Å². The topological polar surface area (TPSA) is 59.7 Å². The van der Waals surface area contributed by atoms with Crippen molar-refractivity contribution in [1.82, 2.24) is 0 Å². The zero-order valence-electron chi connectivity index (χ0n) is 11.7. The van der Waals surface area contributed by atoms with Gasteiger partial charge in [0.1, 0.15) is 17.1 Å². The van der Waals surface area contributed by atoms with E-state index in [1.807, 2.05) is 12.1 Å². The third-order valence-corrected chi connectivity index (χ3v) is 3.81. The second-order valence-electron chi connectivity index (χ2n) is 5.79. The minimum Gasteiger partial charge on any atom is -0.478 e. The van der Waals surface area contributed by atoms with E-state index in [0.717, 1.165) is 29.6 Å². The maximum atomic E-state index is 11.1. The molecular formula is C16H18O4. The van der Waals surface area contributed by atoms with E-state index in [9.17, 15) is 4.79 Å². The number of aryl methyl sites for hydroxylation is 2. The SMILES string of the molecule is CC(C)(Oc1ccc2oc3c(c2c1)CCCC3)C(=O)O. The highest BCUT2D eigenvalue weighted by Crippen LogP contribution is 2.34. The molecule has 0 radical (unpaired) electrons. The fraction of sp³-hybridized carbons (Fsp3) is 0.438. The zero-order valence-corrected chi connectivity index (χ0v) is 11.7. The van der Waals surface area contributed by atoms with Crippen LogP contribution in [0.15, 0.2) is 22.6 Å². The summed E-state index contributed by atoms with van der Waals surface area (Å²) in [7, 11) is 0. The van der Waals surface area contributed by atoms with Crippen LogP contribution in [-0.2, 0) is 17.6 Å². The van der Waals surface area contributed by atoms with Crippen LogP contribution < -0.4 is 4.74 Å². The van der Waals surface area contributed by atoms with Crippen molar-refractivity contribution in [2.75, 3.05) is 0 Å². The number of carboxylic acids is 1. The van der Waals surface area contributed by atoms with Gasteiger partial charge in [0.2, 0.25) is 0 Å². The minimum absolute atomic E-state index is 0.569. The average molecular weight is 274 g/mol. The number of fused-ring (bicyclic) bond motifs is 3. The molecule has 0 atom stereocenters. The standard InChI is InChI=1S/C16H18O4/c1-16(2,15(17)18)20-10-7-8-14-12(9-10)11-5-3-4-6-13(11)19-14/h7-9H,3-6H2,1-2H3,(H,17,18). The Labute approximate surface area is 117 Å². The van der Waals surface area contributed by atoms with E-state index in [1.165, 1.54) is 18.4 Å². The Morgan fingerprint density at radius 2 is 2.05 bits per heavy atom. The van der Waals surface area contributed by atoms with E-state index in [-0.39, 0.29) is 0 Å². The van der Waals surface area contributed by atoms with Crippen molar-refractivity contribution >= 4 is 16.9 Å². The molecule has 1 heterocycles. The first-order valence-corrected chi connectivity index (χ1v) is 6.94. The minimum atomic E-state index is -1.24. The molecule has 0 amide bonds. The molecule has 1 aromatic heterocycles. The van der Waals surface area contributed by atoms with E-state index in [4.69, 9.17) is 14.3 Å². The summed E-state index contributed by atoms with van der Waals surface area (Å²) in [6.45, 7) is 3.09. The molecule has 1 N–H and O–H groups in total. The largest absolute Gasteiger partial charge is 0.478 e. The number of carboxylic acid groups (broad SMARTS) is 1. The molecule has 0 unspecified atom stereocenters. The molecule has 0 saturated carbocycles. The molecule has 0 aliphatic heterocycles. The summed E-state index contributed by atoms with van der Waals surface area (Å²) in [5.41, 5.74) is 0.875. The summed E-state index contributed by atoms with van der Waals surface area (Å²) in [5.74, 6) is 0.659. The van der Waals surface area contributed by atoms with E-state index < -0.39 is 11.6 Å². The normalized spacial score (nSPS) is 15.1. The molecule has 1 aromatic carbocycles. The lowest BCUT2D eigenvalue weighted by Gasteiger charge is -2.21. The van der Waals surface area contributed by atoms with E-state index >= 15 is 0 Å². The quantitative estimate of drug-likeness (QED) is 0.929. The molecule has 2 aromatic rings. The molecule has 4 nitrogen and oxygen atoms in total. The molecule has 1 aliphatic carbocycles. The van der Waals surface area contributed by atoms with Crippen molar-refractivity contribution in [3.63, 3.8) is 0 Å². The summed E-state index contributed by atoms with van der Waals surface area (Å²) >= 11 is 0. The highest BCUT2D eigenvalue weighted by Gasteiger charge is 2.29. The van der Waals surface area contributed by atoms with Crippen LogP contribution in [0.5, 0.6) is 5.75 Å². The fourth-order valence-corrected chi connectivity index (χ4v) is 2.64. The monoisotopic (exact) mass is 274 g/mol. The molecule has 0 spiro atoms. The first kappa shape index (κ1) is 13.0. The third kappa shape index (κ3) is 2.15. The Kier molecular flexibility index (Phi) is 2.96. The Bertz CT molecular complexity index is 666. The molecule has 1 aliphatic rings. The van der Waals surface area contributed by atoms with Gasteiger partial charge in [0.15, 0.2) is 5.60 Å². The highest BCUT2D eigenvalue weighted by molar-refractivity contribution is 5.84. The van der Waals surface area contributed by atoms with Crippen LogP contribution in [0.3, 0.4) is 0 Å². The van der Waals surface area contributed by atoms with Crippen molar-refractivity contribution in [1.29, 1.82) is 0 Å². The van der Waals surface area contributed by atoms with Gasteiger partial charge in [-0.15, -0.1) is 0 Å².